The van der Waals surface area contributed by atoms with Gasteiger partial charge in [-0.2, -0.15) is 0 Å². The second kappa shape index (κ2) is 11.0. The van der Waals surface area contributed by atoms with E-state index in [1.54, 1.807) is 0 Å². The SMILES string of the molecule is Cl.NC(CC(=O)N1CCNC(=O)C1COC1CCCC1)Cc1cc(F)c(F)cc1F. The predicted octanol–water partition coefficient (Wildman–Crippen LogP) is 2.07. The van der Waals surface area contributed by atoms with Crippen LogP contribution in [0.4, 0.5) is 13.2 Å². The van der Waals surface area contributed by atoms with Crippen LogP contribution in [-0.4, -0.2) is 54.6 Å². The number of benzene rings is 1. The first kappa shape index (κ1) is 24.4. The van der Waals surface area contributed by atoms with Crippen LogP contribution in [0, 0.1) is 17.5 Å². The molecule has 30 heavy (non-hydrogen) atoms. The fourth-order valence-corrected chi connectivity index (χ4v) is 3.88. The number of piperazine rings is 1. The quantitative estimate of drug-likeness (QED) is 0.624. The van der Waals surface area contributed by atoms with Gasteiger partial charge in [0.05, 0.1) is 12.7 Å². The van der Waals surface area contributed by atoms with Crippen molar-refractivity contribution < 1.29 is 27.5 Å². The van der Waals surface area contributed by atoms with Crippen LogP contribution in [-0.2, 0) is 20.7 Å². The molecular formula is C20H27ClF3N3O3. The third-order valence-corrected chi connectivity index (χ3v) is 5.45. The Kier molecular flexibility index (Phi) is 8.93. The number of ether oxygens (including phenoxy) is 1. The zero-order valence-electron chi connectivity index (χ0n) is 16.5. The number of halogens is 4. The van der Waals surface area contributed by atoms with E-state index in [1.165, 1.54) is 4.90 Å². The molecule has 1 aliphatic carbocycles. The molecule has 3 rings (SSSR count). The highest BCUT2D eigenvalue weighted by atomic mass is 35.5. The van der Waals surface area contributed by atoms with Gasteiger partial charge in [0.2, 0.25) is 11.8 Å². The van der Waals surface area contributed by atoms with Crippen molar-refractivity contribution in [2.45, 2.75) is 56.7 Å². The first-order valence-corrected chi connectivity index (χ1v) is 9.93. The number of carbonyl (C=O) groups excluding carboxylic acids is 2. The van der Waals surface area contributed by atoms with E-state index in [9.17, 15) is 22.8 Å². The number of nitrogens with one attached hydrogen (secondary N) is 1. The number of carbonyl (C=O) groups is 2. The number of rotatable bonds is 7. The maximum Gasteiger partial charge on any atom is 0.245 e. The molecule has 0 radical (unpaired) electrons. The van der Waals surface area contributed by atoms with Gasteiger partial charge < -0.3 is 20.7 Å². The Morgan fingerprint density at radius 1 is 1.20 bits per heavy atom. The molecule has 3 N–H and O–H groups in total. The minimum Gasteiger partial charge on any atom is -0.376 e. The summed E-state index contributed by atoms with van der Waals surface area (Å²) in [5, 5.41) is 2.73. The van der Waals surface area contributed by atoms with Crippen LogP contribution < -0.4 is 11.1 Å². The second-order valence-corrected chi connectivity index (χ2v) is 7.66. The molecule has 168 valence electrons. The van der Waals surface area contributed by atoms with Crippen LogP contribution in [0.25, 0.3) is 0 Å². The predicted molar refractivity (Wildman–Crippen MR) is 107 cm³/mol. The minimum atomic E-state index is -1.28. The lowest BCUT2D eigenvalue weighted by atomic mass is 10.0. The number of hydrogen-bond acceptors (Lipinski definition) is 4. The molecule has 1 saturated carbocycles. The van der Waals surface area contributed by atoms with Gasteiger partial charge in [-0.1, -0.05) is 12.8 Å². The lowest BCUT2D eigenvalue weighted by Crippen LogP contribution is -2.59. The molecule has 0 spiro atoms. The highest BCUT2D eigenvalue weighted by Crippen LogP contribution is 2.22. The van der Waals surface area contributed by atoms with E-state index in [2.05, 4.69) is 5.32 Å². The summed E-state index contributed by atoms with van der Waals surface area (Å²) in [6.07, 6.45) is 3.93. The van der Waals surface area contributed by atoms with Gasteiger partial charge in [0.15, 0.2) is 11.6 Å². The Hall–Kier alpha value is -1.84. The molecule has 0 bridgehead atoms. The van der Waals surface area contributed by atoms with Crippen LogP contribution >= 0.6 is 12.4 Å². The number of nitrogens with zero attached hydrogens (tertiary/aromatic N) is 1. The summed E-state index contributed by atoms with van der Waals surface area (Å²) >= 11 is 0. The van der Waals surface area contributed by atoms with E-state index >= 15 is 0 Å². The van der Waals surface area contributed by atoms with Gasteiger partial charge in [-0.15, -0.1) is 12.4 Å². The standard InChI is InChI=1S/C20H26F3N3O3.ClH/c21-15-10-17(23)16(22)8-12(15)7-13(24)9-19(27)26-6-5-25-20(28)18(26)11-29-14-3-1-2-4-14;/h8,10,13-14,18H,1-7,9,11,24H2,(H,25,28);1H. The summed E-state index contributed by atoms with van der Waals surface area (Å²) < 4.78 is 46.1. The molecule has 6 nitrogen and oxygen atoms in total. The van der Waals surface area contributed by atoms with Crippen LogP contribution in [0.1, 0.15) is 37.7 Å². The molecule has 2 amide bonds. The van der Waals surface area contributed by atoms with Gasteiger partial charge in [-0.25, -0.2) is 13.2 Å². The molecule has 2 fully saturated rings. The molecule has 1 aliphatic heterocycles. The smallest absolute Gasteiger partial charge is 0.245 e. The van der Waals surface area contributed by atoms with Crippen molar-refractivity contribution in [3.05, 3.63) is 35.1 Å². The van der Waals surface area contributed by atoms with Crippen LogP contribution in [0.3, 0.4) is 0 Å². The van der Waals surface area contributed by atoms with Gasteiger partial charge in [0, 0.05) is 31.6 Å². The molecule has 1 aromatic rings. The van der Waals surface area contributed by atoms with Gasteiger partial charge in [-0.05, 0) is 30.9 Å². The van der Waals surface area contributed by atoms with Crippen molar-refractivity contribution in [3.8, 4) is 0 Å². The lowest BCUT2D eigenvalue weighted by Gasteiger charge is -2.36. The maximum absolute atomic E-state index is 13.8. The van der Waals surface area contributed by atoms with Crippen LogP contribution in [0.5, 0.6) is 0 Å². The van der Waals surface area contributed by atoms with Crippen molar-refractivity contribution >= 4 is 24.2 Å². The summed E-state index contributed by atoms with van der Waals surface area (Å²) in [7, 11) is 0. The van der Waals surface area contributed by atoms with E-state index in [1.807, 2.05) is 0 Å². The molecule has 10 heteroatoms. The third kappa shape index (κ3) is 6.09. The van der Waals surface area contributed by atoms with E-state index in [4.69, 9.17) is 10.5 Å². The van der Waals surface area contributed by atoms with Crippen molar-refractivity contribution in [1.82, 2.24) is 10.2 Å². The van der Waals surface area contributed by atoms with Gasteiger partial charge in [-0.3, -0.25) is 9.59 Å². The van der Waals surface area contributed by atoms with Gasteiger partial charge in [0.1, 0.15) is 11.9 Å². The molecule has 2 atom stereocenters. The third-order valence-electron chi connectivity index (χ3n) is 5.45. The monoisotopic (exact) mass is 449 g/mol. The largest absolute Gasteiger partial charge is 0.376 e. The van der Waals surface area contributed by atoms with Crippen molar-refractivity contribution in [2.75, 3.05) is 19.7 Å². The Morgan fingerprint density at radius 2 is 1.87 bits per heavy atom. The molecule has 1 aromatic carbocycles. The maximum atomic E-state index is 13.8. The Balaban J connectivity index is 0.00000320. The zero-order valence-corrected chi connectivity index (χ0v) is 17.4. The highest BCUT2D eigenvalue weighted by Gasteiger charge is 2.34. The molecule has 2 unspecified atom stereocenters. The topological polar surface area (TPSA) is 84.7 Å². The summed E-state index contributed by atoms with van der Waals surface area (Å²) in [6.45, 7) is 0.780. The average molecular weight is 450 g/mol. The molecule has 0 aromatic heterocycles. The fourth-order valence-electron chi connectivity index (χ4n) is 3.88. The first-order valence-electron chi connectivity index (χ1n) is 9.93. The van der Waals surface area contributed by atoms with Crippen molar-refractivity contribution in [3.63, 3.8) is 0 Å². The van der Waals surface area contributed by atoms with E-state index in [0.717, 1.165) is 31.7 Å². The summed E-state index contributed by atoms with van der Waals surface area (Å²) in [6, 6.07) is -0.320. The van der Waals surface area contributed by atoms with Crippen molar-refractivity contribution in [1.29, 1.82) is 0 Å². The Morgan fingerprint density at radius 3 is 2.57 bits per heavy atom. The fraction of sp³-hybridized carbons (Fsp3) is 0.600. The molecule has 2 aliphatic rings. The Labute approximate surface area is 179 Å². The van der Waals surface area contributed by atoms with Gasteiger partial charge >= 0.3 is 0 Å². The summed E-state index contributed by atoms with van der Waals surface area (Å²) in [5.41, 5.74) is 5.87. The van der Waals surface area contributed by atoms with E-state index in [0.29, 0.717) is 19.2 Å². The van der Waals surface area contributed by atoms with E-state index in [-0.39, 0.29) is 55.3 Å². The lowest BCUT2D eigenvalue weighted by molar-refractivity contribution is -0.147. The number of amides is 2. The normalized spacial score (nSPS) is 20.6. The Bertz CT molecular complexity index is 762. The summed E-state index contributed by atoms with van der Waals surface area (Å²) in [4.78, 5) is 26.4. The van der Waals surface area contributed by atoms with Crippen LogP contribution in [0.2, 0.25) is 0 Å². The summed E-state index contributed by atoms with van der Waals surface area (Å²) in [5.74, 6) is -3.98. The van der Waals surface area contributed by atoms with E-state index < -0.39 is 29.5 Å². The molecule has 1 saturated heterocycles. The molecule has 1 heterocycles. The van der Waals surface area contributed by atoms with Crippen LogP contribution in [0.15, 0.2) is 12.1 Å². The number of hydrogen-bond donors (Lipinski definition) is 2. The van der Waals surface area contributed by atoms with Crippen molar-refractivity contribution in [2.24, 2.45) is 5.73 Å². The first-order chi connectivity index (χ1) is 13.8. The van der Waals surface area contributed by atoms with Gasteiger partial charge in [0.25, 0.3) is 0 Å². The number of nitrogens with two attached hydrogens (primary N) is 1. The second-order valence-electron chi connectivity index (χ2n) is 7.66. The molecular weight excluding hydrogens is 423 g/mol. The zero-order chi connectivity index (χ0) is 21.0. The minimum absolute atomic E-state index is 0. The average Bonchev–Trinajstić information content (AvgIpc) is 3.18. The highest BCUT2D eigenvalue weighted by molar-refractivity contribution is 5.89.